The van der Waals surface area contributed by atoms with Crippen LogP contribution in [-0.2, 0) is 0 Å². The molecule has 0 saturated carbocycles. The smallest absolute Gasteiger partial charge is 0.336 e. The maximum atomic E-state index is 12.4. The summed E-state index contributed by atoms with van der Waals surface area (Å²) in [4.78, 5) is 0. The predicted molar refractivity (Wildman–Crippen MR) is 36.1 cm³/mol. The average Bonchev–Trinajstić information content (AvgIpc) is 1.79. The molecule has 1 N–H and O–H groups in total. The maximum absolute atomic E-state index is 12.4. The number of aliphatic hydroxyl groups is 1. The zero-order valence-electron chi connectivity index (χ0n) is 6.77. The van der Waals surface area contributed by atoms with Gasteiger partial charge in [0.05, 0.1) is 6.42 Å². The first-order chi connectivity index (χ1) is 4.95. The van der Waals surface area contributed by atoms with Crippen molar-refractivity contribution in [3.8, 4) is 0 Å². The molecular formula is C7H11F3ORf. The van der Waals surface area contributed by atoms with E-state index in [0.29, 0.717) is 6.42 Å². The van der Waals surface area contributed by atoms with Gasteiger partial charge in [-0.2, -0.15) is 8.78 Å². The van der Waals surface area contributed by atoms with Crippen molar-refractivity contribution in [2.45, 2.75) is 31.5 Å². The summed E-state index contributed by atoms with van der Waals surface area (Å²) in [5.74, 6) is 0. The summed E-state index contributed by atoms with van der Waals surface area (Å²) in [5.41, 5.74) is 0. The van der Waals surface area contributed by atoms with Crippen molar-refractivity contribution < 1.29 is 18.3 Å². The van der Waals surface area contributed by atoms with E-state index in [4.69, 9.17) is 5.11 Å². The molecule has 0 aliphatic rings. The molecule has 0 radical (unpaired) electrons. The Kier molecular flexibility index (Phi) is 5.66. The van der Waals surface area contributed by atoms with Crippen molar-refractivity contribution in [2.75, 3.05) is 0 Å². The van der Waals surface area contributed by atoms with Crippen LogP contribution < -0.4 is 0 Å². The van der Waals surface area contributed by atoms with Gasteiger partial charge in [-0.25, -0.2) is 4.39 Å². The Bertz CT molecular complexity index is 124. The van der Waals surface area contributed by atoms with Crippen LogP contribution in [0.3, 0.4) is 0 Å². The standard InChI is InChI=1S/C7H11F3O.Rf/c1-2-3-4-6(8)5-7(9,10)11;/h2,6,11H,1,3-5H2;/t6-;/m0./s1. The van der Waals surface area contributed by atoms with Crippen LogP contribution in [0, 0.1) is 0 Å². The number of alkyl halides is 3. The van der Waals surface area contributed by atoms with Gasteiger partial charge in [0.25, 0.3) is 0 Å². The molecule has 0 amide bonds. The molecule has 0 rings (SSSR count). The molecule has 5 heteroatoms. The van der Waals surface area contributed by atoms with E-state index >= 15 is 0 Å². The molecule has 0 fully saturated rings. The van der Waals surface area contributed by atoms with Gasteiger partial charge in [0.2, 0.25) is 0 Å². The Hall–Kier alpha value is -1.51. The van der Waals surface area contributed by atoms with Crippen LogP contribution in [0.5, 0.6) is 0 Å². The largest absolute Gasteiger partial charge is 0.356 e. The van der Waals surface area contributed by atoms with Crippen LogP contribution in [0.4, 0.5) is 13.2 Å². The summed E-state index contributed by atoms with van der Waals surface area (Å²) in [6.45, 7) is 3.31. The normalized spacial score (nSPS) is 13.3. The first-order valence-electron chi connectivity index (χ1n) is 3.31. The van der Waals surface area contributed by atoms with Gasteiger partial charge in [0.15, 0.2) is 0 Å². The van der Waals surface area contributed by atoms with Gasteiger partial charge in [-0.15, -0.1) is 6.58 Å². The Labute approximate surface area is 63.5 Å². The Morgan fingerprint density at radius 3 is 2.33 bits per heavy atom. The third-order valence-corrected chi connectivity index (χ3v) is 1.15. The number of allylic oxidation sites excluding steroid dienone is 1. The van der Waals surface area contributed by atoms with Gasteiger partial charge in [0, 0.05) is 0 Å². The van der Waals surface area contributed by atoms with Crippen LogP contribution >= 0.6 is 0 Å². The molecule has 0 unspecified atom stereocenters. The average molecular weight is 435 g/mol. The molecule has 0 heterocycles. The first kappa shape index (κ1) is 13.1. The second-order valence-electron chi connectivity index (χ2n) is 2.33. The zero-order valence-corrected chi connectivity index (χ0v) is 13.2. The third-order valence-electron chi connectivity index (χ3n) is 1.15. The molecule has 0 aromatic rings. The van der Waals surface area contributed by atoms with Gasteiger partial charge in [-0.3, -0.25) is 0 Å². The van der Waals surface area contributed by atoms with Crippen LogP contribution in [-0.4, -0.2) is 17.4 Å². The van der Waals surface area contributed by atoms with E-state index < -0.39 is 18.7 Å². The second-order valence-corrected chi connectivity index (χ2v) is 2.33. The second kappa shape index (κ2) is 5.18. The fourth-order valence-corrected chi connectivity index (χ4v) is 0.667. The summed E-state index contributed by atoms with van der Waals surface area (Å²) in [6.07, 6.45) is -4.89. The van der Waals surface area contributed by atoms with Gasteiger partial charge in [-0.05, 0) is 12.8 Å². The van der Waals surface area contributed by atoms with E-state index in [1.165, 1.54) is 6.08 Å². The molecule has 0 bridgehead atoms. The number of hydrogen-bond donors (Lipinski definition) is 1. The fourth-order valence-electron chi connectivity index (χ4n) is 0.667. The number of halogens is 3. The Morgan fingerprint density at radius 2 is 2.00 bits per heavy atom. The minimum absolute atomic E-state index is 0. The summed E-state index contributed by atoms with van der Waals surface area (Å²) >= 11 is 0. The molecular weight excluding hydrogens is 424 g/mol. The first-order valence-corrected chi connectivity index (χ1v) is 3.31. The zero-order chi connectivity index (χ0) is 8.91. The maximum Gasteiger partial charge on any atom is 0.356 e. The van der Waals surface area contributed by atoms with Crippen molar-refractivity contribution in [3.05, 3.63) is 12.7 Å². The van der Waals surface area contributed by atoms with Crippen molar-refractivity contribution in [2.24, 2.45) is 0 Å². The molecule has 0 aromatic carbocycles. The molecule has 68 valence electrons. The molecule has 12 heavy (non-hydrogen) atoms. The molecule has 0 saturated heterocycles. The monoisotopic (exact) mass is 435 g/mol. The van der Waals surface area contributed by atoms with E-state index in [0.717, 1.165) is 0 Å². The molecule has 1 atom stereocenters. The minimum Gasteiger partial charge on any atom is -0.336 e. The summed E-state index contributed by atoms with van der Waals surface area (Å²) in [6, 6.07) is 0. The summed E-state index contributed by atoms with van der Waals surface area (Å²) in [7, 11) is 0. The van der Waals surface area contributed by atoms with E-state index in [1.54, 1.807) is 0 Å². The van der Waals surface area contributed by atoms with Crippen molar-refractivity contribution in [1.29, 1.82) is 0 Å². The minimum atomic E-state index is -3.89. The number of rotatable bonds is 5. The summed E-state index contributed by atoms with van der Waals surface area (Å²) in [5, 5.41) is 7.89. The third kappa shape index (κ3) is 8.49. The number of hydrogen-bond acceptors (Lipinski definition) is 1. The molecule has 1 nitrogen and oxygen atoms in total. The van der Waals surface area contributed by atoms with E-state index in [1.807, 2.05) is 0 Å². The van der Waals surface area contributed by atoms with Gasteiger partial charge >= 0.3 is 6.11 Å². The fraction of sp³-hybridized carbons (Fsp3) is 0.714. The van der Waals surface area contributed by atoms with Crippen LogP contribution in [0.2, 0.25) is 0 Å². The molecule has 0 spiro atoms. The molecule has 0 aliphatic heterocycles. The molecule has 0 aliphatic carbocycles. The van der Waals surface area contributed by atoms with Crippen LogP contribution in [0.1, 0.15) is 19.3 Å². The van der Waals surface area contributed by atoms with Crippen molar-refractivity contribution in [1.82, 2.24) is 0 Å². The predicted octanol–water partition coefficient (Wildman–Crippen LogP) is 2.27. The summed E-state index contributed by atoms with van der Waals surface area (Å²) < 4.78 is 35.8. The van der Waals surface area contributed by atoms with Crippen molar-refractivity contribution in [3.63, 3.8) is 0 Å². The molecule has 0 aromatic heterocycles. The van der Waals surface area contributed by atoms with Crippen molar-refractivity contribution >= 4 is 0 Å². The van der Waals surface area contributed by atoms with Crippen LogP contribution in [0.15, 0.2) is 12.7 Å². The van der Waals surface area contributed by atoms with E-state index in [2.05, 4.69) is 6.58 Å². The Balaban J connectivity index is 0. The Morgan fingerprint density at radius 1 is 1.50 bits per heavy atom. The van der Waals surface area contributed by atoms with E-state index in [-0.39, 0.29) is 6.42 Å². The van der Waals surface area contributed by atoms with Crippen LogP contribution in [0.25, 0.3) is 0 Å². The van der Waals surface area contributed by atoms with Gasteiger partial charge < -0.3 is 5.11 Å². The van der Waals surface area contributed by atoms with Gasteiger partial charge in [-0.1, -0.05) is 6.08 Å². The SMILES string of the molecule is C=CCC[C@H](F)CC(O)(F)F.[Rf]. The topological polar surface area (TPSA) is 20.2 Å². The van der Waals surface area contributed by atoms with Gasteiger partial charge in [0.1, 0.15) is 6.17 Å². The quantitative estimate of drug-likeness (QED) is 0.658. The van der Waals surface area contributed by atoms with E-state index in [9.17, 15) is 13.2 Å².